The first-order chi connectivity index (χ1) is 9.78. The first-order valence-electron chi connectivity index (χ1n) is 8.04. The molecule has 3 rings (SSSR count). The van der Waals surface area contributed by atoms with Crippen LogP contribution in [0.3, 0.4) is 0 Å². The summed E-state index contributed by atoms with van der Waals surface area (Å²) in [7, 11) is 1.76. The van der Waals surface area contributed by atoms with Gasteiger partial charge in [0, 0.05) is 33.0 Å². The van der Waals surface area contributed by atoms with Gasteiger partial charge in [-0.25, -0.2) is 4.98 Å². The van der Waals surface area contributed by atoms with E-state index in [4.69, 9.17) is 4.74 Å². The van der Waals surface area contributed by atoms with Gasteiger partial charge < -0.3 is 14.6 Å². The lowest BCUT2D eigenvalue weighted by molar-refractivity contribution is 0.190. The van der Waals surface area contributed by atoms with E-state index in [1.165, 1.54) is 25.7 Å². The van der Waals surface area contributed by atoms with Crippen LogP contribution in [0.2, 0.25) is 0 Å². The molecule has 112 valence electrons. The summed E-state index contributed by atoms with van der Waals surface area (Å²) in [6.45, 7) is 4.96. The van der Waals surface area contributed by atoms with Crippen molar-refractivity contribution >= 4 is 5.95 Å². The van der Waals surface area contributed by atoms with E-state index in [9.17, 15) is 0 Å². The van der Waals surface area contributed by atoms with Gasteiger partial charge in [0.1, 0.15) is 0 Å². The Bertz CT molecular complexity index is 423. The predicted octanol–water partition coefficient (Wildman–Crippen LogP) is 3.08. The number of nitrogens with one attached hydrogen (secondary N) is 1. The summed E-state index contributed by atoms with van der Waals surface area (Å²) >= 11 is 0. The molecule has 20 heavy (non-hydrogen) atoms. The van der Waals surface area contributed by atoms with E-state index in [-0.39, 0.29) is 0 Å². The lowest BCUT2D eigenvalue weighted by Gasteiger charge is -2.17. The van der Waals surface area contributed by atoms with Gasteiger partial charge in [-0.2, -0.15) is 0 Å². The number of hydrogen-bond donors (Lipinski definition) is 1. The molecule has 4 heteroatoms. The third kappa shape index (κ3) is 3.54. The van der Waals surface area contributed by atoms with E-state index in [0.29, 0.717) is 0 Å². The van der Waals surface area contributed by atoms with Crippen molar-refractivity contribution in [3.8, 4) is 0 Å². The van der Waals surface area contributed by atoms with Gasteiger partial charge in [0.15, 0.2) is 0 Å². The average Bonchev–Trinajstić information content (AvgIpc) is 3.31. The number of anilines is 1. The lowest BCUT2D eigenvalue weighted by Crippen LogP contribution is -2.20. The second-order valence-corrected chi connectivity index (χ2v) is 6.47. The van der Waals surface area contributed by atoms with Gasteiger partial charge in [-0.3, -0.25) is 0 Å². The highest BCUT2D eigenvalue weighted by Crippen LogP contribution is 2.49. The largest absolute Gasteiger partial charge is 0.385 e. The number of rotatable bonds is 9. The zero-order valence-corrected chi connectivity index (χ0v) is 12.8. The highest BCUT2D eigenvalue weighted by Gasteiger charge is 2.41. The molecular weight excluding hydrogens is 250 g/mol. The monoisotopic (exact) mass is 277 g/mol. The number of aryl methyl sites for hydroxylation is 2. The fourth-order valence-electron chi connectivity index (χ4n) is 3.21. The van der Waals surface area contributed by atoms with Crippen molar-refractivity contribution in [3.05, 3.63) is 11.9 Å². The minimum Gasteiger partial charge on any atom is -0.385 e. The maximum atomic E-state index is 5.13. The van der Waals surface area contributed by atoms with Crippen LogP contribution in [0.5, 0.6) is 0 Å². The molecule has 2 aliphatic carbocycles. The first kappa shape index (κ1) is 13.9. The molecule has 1 heterocycles. The second-order valence-electron chi connectivity index (χ2n) is 6.47. The van der Waals surface area contributed by atoms with Gasteiger partial charge in [-0.15, -0.1) is 0 Å². The molecule has 2 fully saturated rings. The van der Waals surface area contributed by atoms with E-state index < -0.39 is 0 Å². The number of hydrogen-bond acceptors (Lipinski definition) is 3. The van der Waals surface area contributed by atoms with E-state index in [2.05, 4.69) is 28.0 Å². The fraction of sp³-hybridized carbons (Fsp3) is 0.812. The SMILES string of the molecule is COCCCn1cc(C)nc1NCC(C1CC1)C1CC1. The number of nitrogens with zero attached hydrogens (tertiary/aromatic N) is 2. The van der Waals surface area contributed by atoms with E-state index in [1.807, 2.05) is 0 Å². The topological polar surface area (TPSA) is 39.1 Å². The number of aromatic nitrogens is 2. The van der Waals surface area contributed by atoms with Crippen LogP contribution in [-0.2, 0) is 11.3 Å². The van der Waals surface area contributed by atoms with Gasteiger partial charge in [0.25, 0.3) is 0 Å². The van der Waals surface area contributed by atoms with Crippen LogP contribution >= 0.6 is 0 Å². The Hall–Kier alpha value is -1.03. The fourth-order valence-corrected chi connectivity index (χ4v) is 3.21. The van der Waals surface area contributed by atoms with Crippen LogP contribution in [0.25, 0.3) is 0 Å². The summed E-state index contributed by atoms with van der Waals surface area (Å²) in [6, 6.07) is 0. The smallest absolute Gasteiger partial charge is 0.203 e. The Morgan fingerprint density at radius 1 is 1.35 bits per heavy atom. The zero-order chi connectivity index (χ0) is 13.9. The predicted molar refractivity (Wildman–Crippen MR) is 80.9 cm³/mol. The molecule has 0 bridgehead atoms. The van der Waals surface area contributed by atoms with Crippen molar-refractivity contribution in [3.63, 3.8) is 0 Å². The molecule has 0 spiro atoms. The van der Waals surface area contributed by atoms with Crippen LogP contribution in [0.4, 0.5) is 5.95 Å². The Kier molecular flexibility index (Phi) is 4.29. The Morgan fingerprint density at radius 3 is 2.65 bits per heavy atom. The number of imidazole rings is 1. The molecule has 0 saturated heterocycles. The molecule has 0 radical (unpaired) electrons. The molecule has 1 N–H and O–H groups in total. The van der Waals surface area contributed by atoms with E-state index in [1.54, 1.807) is 7.11 Å². The minimum atomic E-state index is 0.809. The van der Waals surface area contributed by atoms with E-state index in [0.717, 1.165) is 55.5 Å². The molecule has 0 unspecified atom stereocenters. The standard InChI is InChI=1S/C16H27N3O/c1-12-11-19(8-3-9-20-2)16(18-12)17-10-15(13-4-5-13)14-6-7-14/h11,13-15H,3-10H2,1-2H3,(H,17,18). The highest BCUT2D eigenvalue weighted by molar-refractivity contribution is 5.29. The van der Waals surface area contributed by atoms with Crippen molar-refractivity contribution in [2.24, 2.45) is 17.8 Å². The third-order valence-corrected chi connectivity index (χ3v) is 4.60. The molecule has 0 atom stereocenters. The van der Waals surface area contributed by atoms with Crippen LogP contribution in [0.1, 0.15) is 37.8 Å². The van der Waals surface area contributed by atoms with Gasteiger partial charge in [-0.05, 0) is 56.8 Å². The zero-order valence-electron chi connectivity index (χ0n) is 12.8. The highest BCUT2D eigenvalue weighted by atomic mass is 16.5. The molecule has 1 aromatic heterocycles. The molecule has 0 aromatic carbocycles. The summed E-state index contributed by atoms with van der Waals surface area (Å²) in [4.78, 5) is 4.63. The van der Waals surface area contributed by atoms with E-state index >= 15 is 0 Å². The maximum absolute atomic E-state index is 5.13. The normalized spacial score (nSPS) is 18.8. The second kappa shape index (κ2) is 6.17. The molecule has 2 saturated carbocycles. The first-order valence-corrected chi connectivity index (χ1v) is 8.04. The van der Waals surface area contributed by atoms with Gasteiger partial charge in [-0.1, -0.05) is 0 Å². The number of methoxy groups -OCH3 is 1. The van der Waals surface area contributed by atoms with Crippen molar-refractivity contribution in [1.82, 2.24) is 9.55 Å². The summed E-state index contributed by atoms with van der Waals surface area (Å²) in [5.74, 6) is 3.92. The summed E-state index contributed by atoms with van der Waals surface area (Å²) in [5, 5.41) is 3.61. The maximum Gasteiger partial charge on any atom is 0.203 e. The van der Waals surface area contributed by atoms with Gasteiger partial charge in [0.05, 0.1) is 5.69 Å². The van der Waals surface area contributed by atoms with Crippen molar-refractivity contribution in [1.29, 1.82) is 0 Å². The van der Waals surface area contributed by atoms with Crippen molar-refractivity contribution in [2.75, 3.05) is 25.6 Å². The van der Waals surface area contributed by atoms with Crippen LogP contribution in [-0.4, -0.2) is 29.8 Å². The summed E-state index contributed by atoms with van der Waals surface area (Å²) in [6.07, 6.45) is 8.97. The Morgan fingerprint density at radius 2 is 2.05 bits per heavy atom. The molecular formula is C16H27N3O. The van der Waals surface area contributed by atoms with Crippen LogP contribution in [0.15, 0.2) is 6.20 Å². The summed E-state index contributed by atoms with van der Waals surface area (Å²) in [5.41, 5.74) is 1.10. The van der Waals surface area contributed by atoms with Crippen molar-refractivity contribution < 1.29 is 4.74 Å². The molecule has 0 amide bonds. The Balaban J connectivity index is 1.55. The van der Waals surface area contributed by atoms with Crippen LogP contribution in [0, 0.1) is 24.7 Å². The van der Waals surface area contributed by atoms with Crippen molar-refractivity contribution in [2.45, 2.75) is 45.6 Å². The van der Waals surface area contributed by atoms with Crippen LogP contribution < -0.4 is 5.32 Å². The molecule has 4 nitrogen and oxygen atoms in total. The quantitative estimate of drug-likeness (QED) is 0.705. The Labute approximate surface area is 121 Å². The molecule has 0 aliphatic heterocycles. The molecule has 1 aromatic rings. The lowest BCUT2D eigenvalue weighted by atomic mass is 9.98. The minimum absolute atomic E-state index is 0.809. The summed E-state index contributed by atoms with van der Waals surface area (Å²) < 4.78 is 7.38. The third-order valence-electron chi connectivity index (χ3n) is 4.60. The molecule has 2 aliphatic rings. The number of ether oxygens (including phenoxy) is 1. The van der Waals surface area contributed by atoms with Gasteiger partial charge in [0.2, 0.25) is 5.95 Å². The average molecular weight is 277 g/mol. The van der Waals surface area contributed by atoms with Gasteiger partial charge >= 0.3 is 0 Å².